The SMILES string of the molecule is O=C(Oc1cccc(C=NNc2nc(Nc3ccccc3)nc(N3CCOCC3)n2)c1)c1ccco1. The number of hydrazone groups is 1. The number of rotatable bonds is 8. The molecule has 1 fully saturated rings. The first kappa shape index (κ1) is 23.0. The van der Waals surface area contributed by atoms with Crippen LogP contribution in [0, 0.1) is 0 Å². The Labute approximate surface area is 206 Å². The normalized spacial score (nSPS) is 13.5. The summed E-state index contributed by atoms with van der Waals surface area (Å²) < 4.78 is 15.9. The van der Waals surface area contributed by atoms with Gasteiger partial charge >= 0.3 is 5.97 Å². The lowest BCUT2D eigenvalue weighted by atomic mass is 10.2. The van der Waals surface area contributed by atoms with Crippen LogP contribution in [0.1, 0.15) is 16.1 Å². The van der Waals surface area contributed by atoms with Crippen LogP contribution in [0.15, 0.2) is 82.5 Å². The molecule has 1 aliphatic heterocycles. The van der Waals surface area contributed by atoms with Crippen LogP contribution in [-0.2, 0) is 4.74 Å². The Morgan fingerprint density at radius 2 is 1.81 bits per heavy atom. The van der Waals surface area contributed by atoms with E-state index in [1.165, 1.54) is 6.26 Å². The fraction of sp³-hybridized carbons (Fsp3) is 0.160. The Morgan fingerprint density at radius 3 is 2.61 bits per heavy atom. The molecule has 0 unspecified atom stereocenters. The molecule has 2 aromatic carbocycles. The molecule has 0 aliphatic carbocycles. The van der Waals surface area contributed by atoms with Gasteiger partial charge in [0.15, 0.2) is 0 Å². The highest BCUT2D eigenvalue weighted by atomic mass is 16.5. The maximum Gasteiger partial charge on any atom is 0.379 e. The highest BCUT2D eigenvalue weighted by Gasteiger charge is 2.17. The van der Waals surface area contributed by atoms with Crippen LogP contribution in [0.25, 0.3) is 0 Å². The Kier molecular flexibility index (Phi) is 7.09. The lowest BCUT2D eigenvalue weighted by Gasteiger charge is -2.27. The largest absolute Gasteiger partial charge is 0.457 e. The molecule has 0 radical (unpaired) electrons. The quantitative estimate of drug-likeness (QED) is 0.165. The van der Waals surface area contributed by atoms with Gasteiger partial charge < -0.3 is 24.1 Å². The van der Waals surface area contributed by atoms with Gasteiger partial charge in [-0.2, -0.15) is 20.1 Å². The van der Waals surface area contributed by atoms with Crippen LogP contribution >= 0.6 is 0 Å². The van der Waals surface area contributed by atoms with Gasteiger partial charge in [-0.25, -0.2) is 10.2 Å². The first-order chi connectivity index (χ1) is 17.7. The van der Waals surface area contributed by atoms with Crippen LogP contribution in [0.3, 0.4) is 0 Å². The minimum Gasteiger partial charge on any atom is -0.457 e. The molecule has 0 bridgehead atoms. The van der Waals surface area contributed by atoms with Gasteiger partial charge in [0.25, 0.3) is 0 Å². The number of carbonyl (C=O) groups is 1. The first-order valence-electron chi connectivity index (χ1n) is 11.3. The van der Waals surface area contributed by atoms with Crippen molar-refractivity contribution in [3.63, 3.8) is 0 Å². The molecule has 11 heteroatoms. The number of nitrogens with one attached hydrogen (secondary N) is 2. The molecular formula is C25H23N7O4. The molecule has 0 saturated carbocycles. The molecule has 4 aromatic rings. The number of carbonyl (C=O) groups excluding carboxylic acids is 1. The summed E-state index contributed by atoms with van der Waals surface area (Å²) in [5, 5.41) is 7.46. The summed E-state index contributed by atoms with van der Waals surface area (Å²) in [6.45, 7) is 2.58. The van der Waals surface area contributed by atoms with Crippen molar-refractivity contribution in [2.24, 2.45) is 5.10 Å². The molecule has 182 valence electrons. The molecule has 3 heterocycles. The Morgan fingerprint density at radius 1 is 0.972 bits per heavy atom. The molecular weight excluding hydrogens is 462 g/mol. The lowest BCUT2D eigenvalue weighted by molar-refractivity contribution is 0.0701. The Balaban J connectivity index is 1.30. The molecule has 5 rings (SSSR count). The number of aromatic nitrogens is 3. The van der Waals surface area contributed by atoms with E-state index in [0.717, 1.165) is 5.69 Å². The summed E-state index contributed by atoms with van der Waals surface area (Å²) >= 11 is 0. The maximum atomic E-state index is 12.1. The molecule has 0 atom stereocenters. The third-order valence-electron chi connectivity index (χ3n) is 5.12. The minimum absolute atomic E-state index is 0.126. The fourth-order valence-corrected chi connectivity index (χ4v) is 3.40. The van der Waals surface area contributed by atoms with Crippen molar-refractivity contribution in [1.29, 1.82) is 0 Å². The van der Waals surface area contributed by atoms with Crippen molar-refractivity contribution in [1.82, 2.24) is 15.0 Å². The number of esters is 1. The van der Waals surface area contributed by atoms with Gasteiger partial charge in [0, 0.05) is 18.8 Å². The van der Waals surface area contributed by atoms with E-state index in [1.54, 1.807) is 36.5 Å². The van der Waals surface area contributed by atoms with Gasteiger partial charge in [-0.15, -0.1) is 0 Å². The van der Waals surface area contributed by atoms with E-state index in [1.807, 2.05) is 41.3 Å². The first-order valence-corrected chi connectivity index (χ1v) is 11.3. The number of anilines is 4. The van der Waals surface area contributed by atoms with Gasteiger partial charge in [0.2, 0.25) is 23.6 Å². The van der Waals surface area contributed by atoms with Gasteiger partial charge in [0.1, 0.15) is 5.75 Å². The number of furan rings is 1. The van der Waals surface area contributed by atoms with Crippen LogP contribution in [0.2, 0.25) is 0 Å². The standard InChI is InChI=1S/C25H23N7O4/c33-22(21-10-5-13-35-21)36-20-9-4-6-18(16-20)17-26-31-24-28-23(27-19-7-2-1-3-8-19)29-25(30-24)32-11-14-34-15-12-32/h1-10,13,16-17H,11-12,14-15H2,(H2,27,28,29,30,31). The predicted molar refractivity (Wildman–Crippen MR) is 134 cm³/mol. The van der Waals surface area contributed by atoms with Crippen molar-refractivity contribution in [3.05, 3.63) is 84.3 Å². The molecule has 0 amide bonds. The average Bonchev–Trinajstić information content (AvgIpc) is 3.46. The van der Waals surface area contributed by atoms with E-state index in [9.17, 15) is 4.79 Å². The zero-order chi connectivity index (χ0) is 24.6. The molecule has 0 spiro atoms. The Hall–Kier alpha value is -4.77. The van der Waals surface area contributed by atoms with Crippen molar-refractivity contribution in [3.8, 4) is 5.75 Å². The maximum absolute atomic E-state index is 12.1. The summed E-state index contributed by atoms with van der Waals surface area (Å²) in [5.74, 6) is 1.11. The molecule has 1 saturated heterocycles. The summed E-state index contributed by atoms with van der Waals surface area (Å²) in [5.41, 5.74) is 4.43. The van der Waals surface area contributed by atoms with Crippen molar-refractivity contribution < 1.29 is 18.7 Å². The molecule has 1 aliphatic rings. The molecule has 36 heavy (non-hydrogen) atoms. The van der Waals surface area contributed by atoms with E-state index in [4.69, 9.17) is 13.9 Å². The average molecular weight is 486 g/mol. The number of morpholine rings is 1. The minimum atomic E-state index is -0.577. The van der Waals surface area contributed by atoms with Gasteiger partial charge in [-0.05, 0) is 42.0 Å². The van der Waals surface area contributed by atoms with E-state index in [0.29, 0.717) is 49.5 Å². The van der Waals surface area contributed by atoms with Crippen molar-refractivity contribution >= 4 is 35.7 Å². The monoisotopic (exact) mass is 485 g/mol. The molecule has 11 nitrogen and oxygen atoms in total. The number of hydrogen-bond donors (Lipinski definition) is 2. The fourth-order valence-electron chi connectivity index (χ4n) is 3.40. The number of benzene rings is 2. The molecule has 2 N–H and O–H groups in total. The third kappa shape index (κ3) is 6.02. The van der Waals surface area contributed by atoms with Crippen LogP contribution in [0.4, 0.5) is 23.5 Å². The van der Waals surface area contributed by atoms with E-state index < -0.39 is 5.97 Å². The zero-order valence-electron chi connectivity index (χ0n) is 19.2. The van der Waals surface area contributed by atoms with E-state index in [-0.39, 0.29) is 11.7 Å². The summed E-state index contributed by atoms with van der Waals surface area (Å²) in [6, 6.07) is 19.7. The summed E-state index contributed by atoms with van der Waals surface area (Å²) in [7, 11) is 0. The number of para-hydroxylation sites is 1. The van der Waals surface area contributed by atoms with Gasteiger partial charge in [0.05, 0.1) is 25.7 Å². The smallest absolute Gasteiger partial charge is 0.379 e. The second kappa shape index (κ2) is 11.1. The van der Waals surface area contributed by atoms with Crippen LogP contribution in [0.5, 0.6) is 5.75 Å². The summed E-state index contributed by atoms with van der Waals surface area (Å²) in [6.07, 6.45) is 2.99. The van der Waals surface area contributed by atoms with Crippen LogP contribution < -0.4 is 20.4 Å². The summed E-state index contributed by atoms with van der Waals surface area (Å²) in [4.78, 5) is 27.7. The zero-order valence-corrected chi connectivity index (χ0v) is 19.2. The van der Waals surface area contributed by atoms with Crippen molar-refractivity contribution in [2.75, 3.05) is 41.9 Å². The topological polar surface area (TPSA) is 127 Å². The second-order valence-electron chi connectivity index (χ2n) is 7.68. The second-order valence-corrected chi connectivity index (χ2v) is 7.68. The highest BCUT2D eigenvalue weighted by molar-refractivity contribution is 5.88. The Bertz CT molecular complexity index is 1320. The van der Waals surface area contributed by atoms with E-state index >= 15 is 0 Å². The third-order valence-corrected chi connectivity index (χ3v) is 5.12. The highest BCUT2D eigenvalue weighted by Crippen LogP contribution is 2.19. The van der Waals surface area contributed by atoms with Gasteiger partial charge in [-0.1, -0.05) is 30.3 Å². The number of ether oxygens (including phenoxy) is 2. The van der Waals surface area contributed by atoms with Crippen molar-refractivity contribution in [2.45, 2.75) is 0 Å². The van der Waals surface area contributed by atoms with Gasteiger partial charge in [-0.3, -0.25) is 0 Å². The van der Waals surface area contributed by atoms with Crippen LogP contribution in [-0.4, -0.2) is 53.4 Å². The number of hydrogen-bond acceptors (Lipinski definition) is 11. The predicted octanol–water partition coefficient (Wildman–Crippen LogP) is 3.71. The number of nitrogens with zero attached hydrogens (tertiary/aromatic N) is 5. The lowest BCUT2D eigenvalue weighted by Crippen LogP contribution is -2.37. The van der Waals surface area contributed by atoms with E-state index in [2.05, 4.69) is 30.8 Å². The molecule has 2 aromatic heterocycles.